The van der Waals surface area contributed by atoms with Crippen LogP contribution >= 0.6 is 0 Å². The van der Waals surface area contributed by atoms with Crippen molar-refractivity contribution in [3.8, 4) is 5.75 Å². The highest BCUT2D eigenvalue weighted by atomic mass is 16.5. The van der Waals surface area contributed by atoms with Gasteiger partial charge in [0, 0.05) is 13.0 Å². The van der Waals surface area contributed by atoms with Crippen LogP contribution in [-0.4, -0.2) is 53.1 Å². The summed E-state index contributed by atoms with van der Waals surface area (Å²) in [7, 11) is 2.91. The van der Waals surface area contributed by atoms with E-state index < -0.39 is 18.1 Å². The van der Waals surface area contributed by atoms with Crippen molar-refractivity contribution < 1.29 is 29.0 Å². The largest absolute Gasteiger partial charge is 0.497 e. The Bertz CT molecular complexity index is 1290. The van der Waals surface area contributed by atoms with Crippen molar-refractivity contribution in [1.29, 1.82) is 0 Å². The second kappa shape index (κ2) is 11.2. The zero-order chi connectivity index (χ0) is 26.5. The summed E-state index contributed by atoms with van der Waals surface area (Å²) >= 11 is 0. The summed E-state index contributed by atoms with van der Waals surface area (Å²) in [6.45, 7) is 2.29. The predicted octanol–water partition coefficient (Wildman–Crippen LogP) is 4.68. The zero-order valence-corrected chi connectivity index (χ0v) is 21.1. The van der Waals surface area contributed by atoms with E-state index in [0.29, 0.717) is 17.7 Å². The number of rotatable bonds is 7. The molecule has 1 unspecified atom stereocenters. The molecule has 8 heteroatoms. The average molecular weight is 503 g/mol. The van der Waals surface area contributed by atoms with Crippen molar-refractivity contribution in [3.05, 3.63) is 101 Å². The Balaban J connectivity index is 1.70. The molecule has 0 saturated heterocycles. The van der Waals surface area contributed by atoms with E-state index in [-0.39, 0.29) is 25.0 Å². The number of nitrogens with zero attached hydrogens (tertiary/aromatic N) is 2. The minimum Gasteiger partial charge on any atom is -0.497 e. The van der Waals surface area contributed by atoms with Crippen LogP contribution in [0.1, 0.15) is 45.6 Å². The molecule has 0 saturated carbocycles. The Morgan fingerprint density at radius 2 is 1.70 bits per heavy atom. The molecule has 1 N–H and O–H groups in total. The van der Waals surface area contributed by atoms with Gasteiger partial charge in [0.15, 0.2) is 0 Å². The van der Waals surface area contributed by atoms with Gasteiger partial charge in [-0.25, -0.2) is 9.59 Å². The lowest BCUT2D eigenvalue weighted by Gasteiger charge is -2.39. The first kappa shape index (κ1) is 25.8. The van der Waals surface area contributed by atoms with E-state index in [2.05, 4.69) is 0 Å². The fourth-order valence-electron chi connectivity index (χ4n) is 4.68. The first-order chi connectivity index (χ1) is 17.8. The van der Waals surface area contributed by atoms with E-state index in [1.54, 1.807) is 36.3 Å². The van der Waals surface area contributed by atoms with Crippen molar-refractivity contribution in [1.82, 2.24) is 9.80 Å². The molecule has 0 aliphatic carbocycles. The van der Waals surface area contributed by atoms with E-state index in [4.69, 9.17) is 9.47 Å². The second-order valence-electron chi connectivity index (χ2n) is 9.01. The maximum absolute atomic E-state index is 14.1. The molecular formula is C29H30N2O6. The van der Waals surface area contributed by atoms with Crippen LogP contribution in [0.3, 0.4) is 0 Å². The Kier molecular flexibility index (Phi) is 7.77. The van der Waals surface area contributed by atoms with Crippen molar-refractivity contribution in [2.45, 2.75) is 38.5 Å². The van der Waals surface area contributed by atoms with E-state index >= 15 is 0 Å². The molecule has 8 nitrogen and oxygen atoms in total. The first-order valence-electron chi connectivity index (χ1n) is 12.0. The summed E-state index contributed by atoms with van der Waals surface area (Å²) in [6.07, 6.45) is -0.839. The number of ether oxygens (including phenoxy) is 2. The number of methoxy groups -OCH3 is 2. The normalized spacial score (nSPS) is 15.3. The molecule has 37 heavy (non-hydrogen) atoms. The number of amides is 2. The lowest BCUT2D eigenvalue weighted by molar-refractivity contribution is -0.140. The van der Waals surface area contributed by atoms with Crippen LogP contribution in [0.5, 0.6) is 5.75 Å². The third kappa shape index (κ3) is 5.58. The standard InChI is InChI=1S/C29H30N2O6/c1-19(22-9-6-10-25(15-22)36-2)30(17-20-11-13-21(14-12-20)28(33)37-3)27(32)26-16-23-7-4-5-8-24(23)18-31(26)29(34)35/h4-15,19,26H,16-18H2,1-3H3,(H,34,35)/t19-,26?/m1/s1. The van der Waals surface area contributed by atoms with Gasteiger partial charge >= 0.3 is 12.1 Å². The van der Waals surface area contributed by atoms with Crippen LogP contribution in [0.2, 0.25) is 0 Å². The van der Waals surface area contributed by atoms with Crippen LogP contribution in [0.25, 0.3) is 0 Å². The van der Waals surface area contributed by atoms with Crippen LogP contribution in [-0.2, 0) is 29.0 Å². The molecule has 2 amide bonds. The lowest BCUT2D eigenvalue weighted by atomic mass is 9.92. The molecule has 4 rings (SSSR count). The minimum atomic E-state index is -1.13. The fraction of sp³-hybridized carbons (Fsp3) is 0.276. The highest BCUT2D eigenvalue weighted by Crippen LogP contribution is 2.30. The summed E-state index contributed by atoms with van der Waals surface area (Å²) in [4.78, 5) is 41.1. The molecule has 3 aromatic carbocycles. The number of carboxylic acid groups (broad SMARTS) is 1. The fourth-order valence-corrected chi connectivity index (χ4v) is 4.68. The van der Waals surface area contributed by atoms with Gasteiger partial charge in [0.25, 0.3) is 0 Å². The molecule has 0 bridgehead atoms. The number of esters is 1. The van der Waals surface area contributed by atoms with Crippen LogP contribution < -0.4 is 4.74 Å². The predicted molar refractivity (Wildman–Crippen MR) is 137 cm³/mol. The second-order valence-corrected chi connectivity index (χ2v) is 9.01. The average Bonchev–Trinajstić information content (AvgIpc) is 2.94. The highest BCUT2D eigenvalue weighted by Gasteiger charge is 2.38. The molecule has 0 aromatic heterocycles. The van der Waals surface area contributed by atoms with Gasteiger partial charge in [-0.15, -0.1) is 0 Å². The maximum atomic E-state index is 14.1. The minimum absolute atomic E-state index is 0.150. The molecule has 2 atom stereocenters. The zero-order valence-electron chi connectivity index (χ0n) is 21.1. The summed E-state index contributed by atoms with van der Waals surface area (Å²) in [5, 5.41) is 9.98. The number of hydrogen-bond donors (Lipinski definition) is 1. The monoisotopic (exact) mass is 502 g/mol. The molecule has 1 aliphatic rings. The van der Waals surface area contributed by atoms with E-state index in [1.807, 2.05) is 55.5 Å². The number of carbonyl (C=O) groups is 3. The molecule has 0 radical (unpaired) electrons. The smallest absolute Gasteiger partial charge is 0.408 e. The van der Waals surface area contributed by atoms with Crippen LogP contribution in [0.4, 0.5) is 4.79 Å². The van der Waals surface area contributed by atoms with Crippen molar-refractivity contribution in [3.63, 3.8) is 0 Å². The quantitative estimate of drug-likeness (QED) is 0.472. The third-order valence-corrected chi connectivity index (χ3v) is 6.83. The molecular weight excluding hydrogens is 472 g/mol. The van der Waals surface area contributed by atoms with Crippen LogP contribution in [0, 0.1) is 0 Å². The van der Waals surface area contributed by atoms with Crippen molar-refractivity contribution >= 4 is 18.0 Å². The molecule has 1 aliphatic heterocycles. The summed E-state index contributed by atoms with van der Waals surface area (Å²) < 4.78 is 10.2. The van der Waals surface area contributed by atoms with Gasteiger partial charge in [0.2, 0.25) is 5.91 Å². The molecule has 3 aromatic rings. The van der Waals surface area contributed by atoms with Gasteiger partial charge in [-0.1, -0.05) is 48.5 Å². The lowest BCUT2D eigenvalue weighted by Crippen LogP contribution is -2.53. The van der Waals surface area contributed by atoms with E-state index in [9.17, 15) is 19.5 Å². The van der Waals surface area contributed by atoms with Gasteiger partial charge in [0.1, 0.15) is 11.8 Å². The molecule has 0 spiro atoms. The molecule has 0 fully saturated rings. The van der Waals surface area contributed by atoms with Gasteiger partial charge in [0.05, 0.1) is 32.4 Å². The summed E-state index contributed by atoms with van der Waals surface area (Å²) in [6, 6.07) is 20.7. The van der Waals surface area contributed by atoms with Gasteiger partial charge < -0.3 is 19.5 Å². The van der Waals surface area contributed by atoms with E-state index in [0.717, 1.165) is 22.3 Å². The Labute approximate surface area is 216 Å². The van der Waals surface area contributed by atoms with Gasteiger partial charge in [-0.2, -0.15) is 0 Å². The Hall–Kier alpha value is -4.33. The van der Waals surface area contributed by atoms with Crippen molar-refractivity contribution in [2.75, 3.05) is 14.2 Å². The topological polar surface area (TPSA) is 96.4 Å². The van der Waals surface area contributed by atoms with Crippen molar-refractivity contribution in [2.24, 2.45) is 0 Å². The number of carbonyl (C=O) groups excluding carboxylic acids is 2. The first-order valence-corrected chi connectivity index (χ1v) is 12.0. The molecule has 1 heterocycles. The van der Waals surface area contributed by atoms with Gasteiger partial charge in [-0.3, -0.25) is 9.69 Å². The SMILES string of the molecule is COC(=O)c1ccc(CN(C(=O)C2Cc3ccccc3CN2C(=O)O)[C@H](C)c2cccc(OC)c2)cc1. The highest BCUT2D eigenvalue weighted by molar-refractivity contribution is 5.89. The summed E-state index contributed by atoms with van der Waals surface area (Å²) in [5.74, 6) is -0.0654. The number of fused-ring (bicyclic) bond motifs is 1. The molecule has 192 valence electrons. The maximum Gasteiger partial charge on any atom is 0.408 e. The summed E-state index contributed by atoms with van der Waals surface area (Å²) in [5.41, 5.74) is 3.94. The van der Waals surface area contributed by atoms with Gasteiger partial charge in [-0.05, 0) is 53.4 Å². The Morgan fingerprint density at radius 3 is 2.35 bits per heavy atom. The number of benzene rings is 3. The van der Waals surface area contributed by atoms with Crippen LogP contribution in [0.15, 0.2) is 72.8 Å². The Morgan fingerprint density at radius 1 is 1.00 bits per heavy atom. The van der Waals surface area contributed by atoms with E-state index in [1.165, 1.54) is 12.0 Å². The number of hydrogen-bond acceptors (Lipinski definition) is 5. The third-order valence-electron chi connectivity index (χ3n) is 6.83.